The van der Waals surface area contributed by atoms with Crippen molar-refractivity contribution in [1.82, 2.24) is 10.3 Å². The van der Waals surface area contributed by atoms with Crippen molar-refractivity contribution in [2.45, 2.75) is 11.8 Å². The van der Waals surface area contributed by atoms with E-state index in [4.69, 9.17) is 0 Å². The number of benzene rings is 2. The molecule has 1 aromatic heterocycles. The minimum Gasteiger partial charge on any atom is -0.368 e. The second kappa shape index (κ2) is 9.52. The molecular formula is C21H20F2N4O3S. The normalized spacial score (nSPS) is 11.1. The molecule has 31 heavy (non-hydrogen) atoms. The predicted octanol–water partition coefficient (Wildman–Crippen LogP) is 3.31. The summed E-state index contributed by atoms with van der Waals surface area (Å²) < 4.78 is 53.1. The molecular weight excluding hydrogens is 426 g/mol. The monoisotopic (exact) mass is 446 g/mol. The summed E-state index contributed by atoms with van der Waals surface area (Å²) in [6, 6.07) is 12.7. The molecule has 2 aromatic carbocycles. The van der Waals surface area contributed by atoms with Gasteiger partial charge in [0.25, 0.3) is 15.9 Å². The van der Waals surface area contributed by atoms with Crippen molar-refractivity contribution in [1.29, 1.82) is 0 Å². The zero-order valence-corrected chi connectivity index (χ0v) is 17.3. The van der Waals surface area contributed by atoms with Crippen LogP contribution in [0.15, 0.2) is 65.7 Å². The van der Waals surface area contributed by atoms with Crippen molar-refractivity contribution in [3.05, 3.63) is 83.6 Å². The van der Waals surface area contributed by atoms with E-state index in [0.717, 1.165) is 30.0 Å². The Balaban J connectivity index is 1.51. The molecule has 0 aliphatic rings. The number of nitrogens with zero attached hydrogens (tertiary/aromatic N) is 1. The molecule has 1 heterocycles. The number of sulfonamides is 1. The minimum absolute atomic E-state index is 0.106. The van der Waals surface area contributed by atoms with Crippen molar-refractivity contribution in [2.24, 2.45) is 0 Å². The van der Waals surface area contributed by atoms with Crippen LogP contribution in [0, 0.1) is 18.6 Å². The molecule has 3 N–H and O–H groups in total. The van der Waals surface area contributed by atoms with E-state index in [0.29, 0.717) is 24.5 Å². The number of hydrogen-bond donors (Lipinski definition) is 3. The number of rotatable bonds is 8. The summed E-state index contributed by atoms with van der Waals surface area (Å²) in [4.78, 5) is 15.9. The molecule has 0 unspecified atom stereocenters. The fourth-order valence-electron chi connectivity index (χ4n) is 2.59. The Morgan fingerprint density at radius 3 is 2.35 bits per heavy atom. The van der Waals surface area contributed by atoms with Crippen LogP contribution in [-0.4, -0.2) is 32.4 Å². The summed E-state index contributed by atoms with van der Waals surface area (Å²) in [5.74, 6) is -2.02. The van der Waals surface area contributed by atoms with Crippen molar-refractivity contribution >= 4 is 27.4 Å². The average Bonchev–Trinajstić information content (AvgIpc) is 2.74. The van der Waals surface area contributed by atoms with Gasteiger partial charge in [0, 0.05) is 30.9 Å². The second-order valence-corrected chi connectivity index (χ2v) is 8.34. The number of halogens is 2. The first-order valence-electron chi connectivity index (χ1n) is 9.27. The van der Waals surface area contributed by atoms with Gasteiger partial charge in [0.05, 0.1) is 5.69 Å². The number of hydrogen-bond acceptors (Lipinski definition) is 5. The Bertz CT molecular complexity index is 1170. The predicted molar refractivity (Wildman–Crippen MR) is 113 cm³/mol. The second-order valence-electron chi connectivity index (χ2n) is 6.66. The van der Waals surface area contributed by atoms with Gasteiger partial charge in [-0.2, -0.15) is 0 Å². The zero-order chi connectivity index (χ0) is 22.4. The molecule has 0 saturated heterocycles. The highest BCUT2D eigenvalue weighted by atomic mass is 32.2. The van der Waals surface area contributed by atoms with Crippen LogP contribution in [0.2, 0.25) is 0 Å². The first kappa shape index (κ1) is 22.2. The lowest BCUT2D eigenvalue weighted by molar-refractivity contribution is 0.0955. The number of anilines is 2. The number of amides is 1. The van der Waals surface area contributed by atoms with Crippen LogP contribution in [0.1, 0.15) is 15.9 Å². The lowest BCUT2D eigenvalue weighted by atomic mass is 10.1. The van der Waals surface area contributed by atoms with Crippen LogP contribution in [0.3, 0.4) is 0 Å². The van der Waals surface area contributed by atoms with E-state index in [9.17, 15) is 22.0 Å². The Morgan fingerprint density at radius 1 is 0.968 bits per heavy atom. The van der Waals surface area contributed by atoms with E-state index in [2.05, 4.69) is 20.3 Å². The highest BCUT2D eigenvalue weighted by Crippen LogP contribution is 2.18. The van der Waals surface area contributed by atoms with Gasteiger partial charge in [0.2, 0.25) is 0 Å². The van der Waals surface area contributed by atoms with Crippen molar-refractivity contribution in [3.8, 4) is 0 Å². The quantitative estimate of drug-likeness (QED) is 0.461. The zero-order valence-electron chi connectivity index (χ0n) is 16.5. The minimum atomic E-state index is -4.02. The number of aromatic nitrogens is 1. The summed E-state index contributed by atoms with van der Waals surface area (Å²) >= 11 is 0. The third-order valence-corrected chi connectivity index (χ3v) is 5.62. The van der Waals surface area contributed by atoms with E-state index >= 15 is 0 Å². The van der Waals surface area contributed by atoms with Gasteiger partial charge in [-0.3, -0.25) is 9.52 Å². The van der Waals surface area contributed by atoms with Crippen LogP contribution in [0.25, 0.3) is 0 Å². The van der Waals surface area contributed by atoms with Crippen LogP contribution in [0.5, 0.6) is 0 Å². The van der Waals surface area contributed by atoms with Crippen molar-refractivity contribution < 1.29 is 22.0 Å². The van der Waals surface area contributed by atoms with Gasteiger partial charge in [0.1, 0.15) is 10.7 Å². The molecule has 1 amide bonds. The van der Waals surface area contributed by atoms with Crippen LogP contribution in [0.4, 0.5) is 20.3 Å². The maximum atomic E-state index is 13.3. The van der Waals surface area contributed by atoms with Crippen LogP contribution >= 0.6 is 0 Å². The molecule has 0 aliphatic carbocycles. The molecule has 162 valence electrons. The van der Waals surface area contributed by atoms with Gasteiger partial charge >= 0.3 is 0 Å². The molecule has 0 saturated carbocycles. The lowest BCUT2D eigenvalue weighted by Gasteiger charge is -2.10. The maximum Gasteiger partial charge on any atom is 0.263 e. The molecule has 0 aliphatic heterocycles. The smallest absolute Gasteiger partial charge is 0.263 e. The summed E-state index contributed by atoms with van der Waals surface area (Å²) in [5, 5.41) is 5.74. The highest BCUT2D eigenvalue weighted by Gasteiger charge is 2.16. The van der Waals surface area contributed by atoms with E-state index in [-0.39, 0.29) is 16.5 Å². The third kappa shape index (κ3) is 5.98. The molecule has 3 aromatic rings. The third-order valence-electron chi connectivity index (χ3n) is 4.25. The molecule has 0 atom stereocenters. The number of nitrogens with one attached hydrogen (secondary N) is 3. The SMILES string of the molecule is Cc1ccc(C(=O)NCCNc2ccc(S(=O)(=O)Nc3ccc(F)c(F)c3)cn2)cc1. The molecule has 0 spiro atoms. The van der Waals surface area contributed by atoms with Gasteiger partial charge in [-0.05, 0) is 43.3 Å². The number of pyridine rings is 1. The van der Waals surface area contributed by atoms with E-state index < -0.39 is 21.7 Å². The first-order chi connectivity index (χ1) is 14.7. The first-order valence-corrected chi connectivity index (χ1v) is 10.8. The summed E-state index contributed by atoms with van der Waals surface area (Å²) in [6.45, 7) is 2.66. The topological polar surface area (TPSA) is 100 Å². The average molecular weight is 446 g/mol. The summed E-state index contributed by atoms with van der Waals surface area (Å²) in [6.07, 6.45) is 1.13. The molecule has 0 bridgehead atoms. The van der Waals surface area contributed by atoms with E-state index in [1.807, 2.05) is 19.1 Å². The van der Waals surface area contributed by atoms with Crippen LogP contribution in [-0.2, 0) is 10.0 Å². The fraction of sp³-hybridized carbons (Fsp3) is 0.143. The van der Waals surface area contributed by atoms with Gasteiger partial charge in [-0.1, -0.05) is 17.7 Å². The van der Waals surface area contributed by atoms with Gasteiger partial charge in [-0.25, -0.2) is 22.2 Å². The largest absolute Gasteiger partial charge is 0.368 e. The standard InChI is InChI=1S/C21H20F2N4O3S/c1-14-2-4-15(5-3-14)21(28)25-11-10-24-20-9-7-17(13-26-20)31(29,30)27-16-6-8-18(22)19(23)12-16/h2-9,12-13,27H,10-11H2,1H3,(H,24,26)(H,25,28). The molecule has 0 fully saturated rings. The summed E-state index contributed by atoms with van der Waals surface area (Å²) in [5.41, 5.74) is 1.52. The van der Waals surface area contributed by atoms with Gasteiger partial charge in [-0.15, -0.1) is 0 Å². The van der Waals surface area contributed by atoms with Crippen molar-refractivity contribution in [2.75, 3.05) is 23.1 Å². The summed E-state index contributed by atoms with van der Waals surface area (Å²) in [7, 11) is -4.02. The molecule has 0 radical (unpaired) electrons. The number of carbonyl (C=O) groups is 1. The highest BCUT2D eigenvalue weighted by molar-refractivity contribution is 7.92. The number of aryl methyl sites for hydroxylation is 1. The molecule has 10 heteroatoms. The van der Waals surface area contributed by atoms with E-state index in [1.54, 1.807) is 12.1 Å². The Hall–Kier alpha value is -3.53. The Kier molecular flexibility index (Phi) is 6.81. The molecule has 3 rings (SSSR count). The maximum absolute atomic E-state index is 13.3. The van der Waals surface area contributed by atoms with Gasteiger partial charge in [0.15, 0.2) is 11.6 Å². The lowest BCUT2D eigenvalue weighted by Crippen LogP contribution is -2.28. The Morgan fingerprint density at radius 2 is 1.71 bits per heavy atom. The fourth-order valence-corrected chi connectivity index (χ4v) is 3.58. The van der Waals surface area contributed by atoms with Crippen LogP contribution < -0.4 is 15.4 Å². The van der Waals surface area contributed by atoms with Gasteiger partial charge < -0.3 is 10.6 Å². The number of carbonyl (C=O) groups excluding carboxylic acids is 1. The van der Waals surface area contributed by atoms with E-state index in [1.165, 1.54) is 12.1 Å². The van der Waals surface area contributed by atoms with Crippen molar-refractivity contribution in [3.63, 3.8) is 0 Å². The molecule has 7 nitrogen and oxygen atoms in total. The Labute approximate surface area is 178 Å².